The molecule has 0 bridgehead atoms. The topological polar surface area (TPSA) is 38.0 Å². The normalized spacial score (nSPS) is 38.6. The fraction of sp³-hybridized carbons (Fsp3) is 1.00. The van der Waals surface area contributed by atoms with Crippen molar-refractivity contribution < 1.29 is 0 Å². The molecule has 0 saturated heterocycles. The molecule has 2 heteroatoms. The Bertz CT molecular complexity index is 229. The van der Waals surface area contributed by atoms with E-state index in [9.17, 15) is 0 Å². The van der Waals surface area contributed by atoms with E-state index in [0.29, 0.717) is 11.5 Å². The van der Waals surface area contributed by atoms with Crippen LogP contribution in [0.2, 0.25) is 0 Å². The van der Waals surface area contributed by atoms with Crippen LogP contribution in [0, 0.1) is 5.41 Å². The summed E-state index contributed by atoms with van der Waals surface area (Å²) in [5, 5.41) is 3.90. The first-order chi connectivity index (χ1) is 8.05. The predicted octanol–water partition coefficient (Wildman–Crippen LogP) is 3.20. The minimum absolute atomic E-state index is 0.473. The lowest BCUT2D eigenvalue weighted by molar-refractivity contribution is 0.287. The molecule has 2 nitrogen and oxygen atoms in total. The highest BCUT2D eigenvalue weighted by atomic mass is 15.0. The van der Waals surface area contributed by atoms with E-state index in [0.717, 1.165) is 12.1 Å². The molecular weight excluding hydrogens is 208 g/mol. The molecule has 2 aliphatic rings. The van der Waals surface area contributed by atoms with Gasteiger partial charge in [0, 0.05) is 18.1 Å². The van der Waals surface area contributed by atoms with Crippen molar-refractivity contribution in [3.05, 3.63) is 0 Å². The van der Waals surface area contributed by atoms with E-state index >= 15 is 0 Å². The van der Waals surface area contributed by atoms with Crippen molar-refractivity contribution in [1.29, 1.82) is 0 Å². The SMILES string of the molecule is CC1(C)CCCC(NC2CCC(N)CC2)CC1. The molecule has 0 spiro atoms. The summed E-state index contributed by atoms with van der Waals surface area (Å²) >= 11 is 0. The van der Waals surface area contributed by atoms with Crippen LogP contribution in [0.15, 0.2) is 0 Å². The second-order valence-electron chi connectivity index (χ2n) is 7.07. The monoisotopic (exact) mass is 238 g/mol. The van der Waals surface area contributed by atoms with Crippen LogP contribution in [-0.2, 0) is 0 Å². The maximum absolute atomic E-state index is 5.96. The third-order valence-corrected chi connectivity index (χ3v) is 4.82. The summed E-state index contributed by atoms with van der Waals surface area (Å²) in [7, 11) is 0. The van der Waals surface area contributed by atoms with Crippen LogP contribution in [0.25, 0.3) is 0 Å². The maximum atomic E-state index is 5.96. The zero-order valence-electron chi connectivity index (χ0n) is 11.7. The molecule has 1 unspecified atom stereocenters. The van der Waals surface area contributed by atoms with Crippen molar-refractivity contribution in [2.24, 2.45) is 11.1 Å². The predicted molar refractivity (Wildman–Crippen MR) is 74.0 cm³/mol. The molecule has 17 heavy (non-hydrogen) atoms. The molecule has 0 amide bonds. The van der Waals surface area contributed by atoms with Gasteiger partial charge < -0.3 is 11.1 Å². The Morgan fingerprint density at radius 2 is 1.53 bits per heavy atom. The first-order valence-corrected chi connectivity index (χ1v) is 7.57. The molecular formula is C15H30N2. The van der Waals surface area contributed by atoms with Crippen molar-refractivity contribution in [3.8, 4) is 0 Å². The lowest BCUT2D eigenvalue weighted by atomic mass is 9.85. The van der Waals surface area contributed by atoms with Gasteiger partial charge in [0.15, 0.2) is 0 Å². The third kappa shape index (κ3) is 4.26. The minimum Gasteiger partial charge on any atom is -0.328 e. The van der Waals surface area contributed by atoms with Crippen LogP contribution < -0.4 is 11.1 Å². The molecule has 0 aromatic carbocycles. The molecule has 2 rings (SSSR count). The Morgan fingerprint density at radius 1 is 0.882 bits per heavy atom. The second kappa shape index (κ2) is 5.71. The minimum atomic E-state index is 0.473. The van der Waals surface area contributed by atoms with Gasteiger partial charge in [-0.05, 0) is 56.8 Å². The maximum Gasteiger partial charge on any atom is 0.00708 e. The highest BCUT2D eigenvalue weighted by molar-refractivity contribution is 4.85. The third-order valence-electron chi connectivity index (χ3n) is 4.82. The lowest BCUT2D eigenvalue weighted by Gasteiger charge is -2.30. The van der Waals surface area contributed by atoms with Crippen LogP contribution in [0.1, 0.15) is 71.6 Å². The van der Waals surface area contributed by atoms with Gasteiger partial charge in [0.05, 0.1) is 0 Å². The molecule has 100 valence electrons. The number of nitrogens with one attached hydrogen (secondary N) is 1. The Morgan fingerprint density at radius 3 is 2.24 bits per heavy atom. The fourth-order valence-electron chi connectivity index (χ4n) is 3.45. The highest BCUT2D eigenvalue weighted by Gasteiger charge is 2.26. The van der Waals surface area contributed by atoms with Gasteiger partial charge in [0.25, 0.3) is 0 Å². The van der Waals surface area contributed by atoms with E-state index in [4.69, 9.17) is 5.73 Å². The van der Waals surface area contributed by atoms with Gasteiger partial charge in [-0.2, -0.15) is 0 Å². The van der Waals surface area contributed by atoms with Crippen molar-refractivity contribution in [2.45, 2.75) is 89.8 Å². The first kappa shape index (κ1) is 13.4. The Labute approximate surface area is 107 Å². The van der Waals surface area contributed by atoms with E-state index in [-0.39, 0.29) is 0 Å². The molecule has 2 aliphatic carbocycles. The first-order valence-electron chi connectivity index (χ1n) is 7.57. The van der Waals surface area contributed by atoms with Crippen molar-refractivity contribution in [3.63, 3.8) is 0 Å². The number of nitrogens with two attached hydrogens (primary N) is 1. The van der Waals surface area contributed by atoms with Gasteiger partial charge in [0.2, 0.25) is 0 Å². The molecule has 2 fully saturated rings. The van der Waals surface area contributed by atoms with Crippen LogP contribution in [-0.4, -0.2) is 18.1 Å². The number of hydrogen-bond acceptors (Lipinski definition) is 2. The van der Waals surface area contributed by atoms with E-state index in [2.05, 4.69) is 19.2 Å². The number of rotatable bonds is 2. The van der Waals surface area contributed by atoms with Crippen LogP contribution in [0.3, 0.4) is 0 Å². The van der Waals surface area contributed by atoms with Crippen molar-refractivity contribution in [2.75, 3.05) is 0 Å². The van der Waals surface area contributed by atoms with E-state index in [1.807, 2.05) is 0 Å². The lowest BCUT2D eigenvalue weighted by Crippen LogP contribution is -2.42. The zero-order chi connectivity index (χ0) is 12.3. The average molecular weight is 238 g/mol. The molecule has 0 heterocycles. The highest BCUT2D eigenvalue weighted by Crippen LogP contribution is 2.34. The Kier molecular flexibility index (Phi) is 4.48. The molecule has 3 N–H and O–H groups in total. The quantitative estimate of drug-likeness (QED) is 0.725. The smallest absolute Gasteiger partial charge is 0.00708 e. The van der Waals surface area contributed by atoms with Gasteiger partial charge in [0.1, 0.15) is 0 Å². The fourth-order valence-corrected chi connectivity index (χ4v) is 3.45. The van der Waals surface area contributed by atoms with Crippen LogP contribution in [0.5, 0.6) is 0 Å². The van der Waals surface area contributed by atoms with Crippen LogP contribution in [0.4, 0.5) is 0 Å². The summed E-state index contributed by atoms with van der Waals surface area (Å²) < 4.78 is 0. The molecule has 0 aromatic heterocycles. The van der Waals surface area contributed by atoms with E-state index in [1.54, 1.807) is 0 Å². The summed E-state index contributed by atoms with van der Waals surface area (Å²) in [4.78, 5) is 0. The van der Waals surface area contributed by atoms with Gasteiger partial charge in [-0.1, -0.05) is 20.3 Å². The van der Waals surface area contributed by atoms with Gasteiger partial charge in [-0.15, -0.1) is 0 Å². The second-order valence-corrected chi connectivity index (χ2v) is 7.07. The van der Waals surface area contributed by atoms with Crippen molar-refractivity contribution >= 4 is 0 Å². The van der Waals surface area contributed by atoms with Gasteiger partial charge >= 0.3 is 0 Å². The largest absolute Gasteiger partial charge is 0.328 e. The molecule has 1 atom stereocenters. The summed E-state index contributed by atoms with van der Waals surface area (Å²) in [6.07, 6.45) is 12.0. The summed E-state index contributed by atoms with van der Waals surface area (Å²) in [6, 6.07) is 2.00. The van der Waals surface area contributed by atoms with Crippen molar-refractivity contribution in [1.82, 2.24) is 5.32 Å². The van der Waals surface area contributed by atoms with Crippen LogP contribution >= 0.6 is 0 Å². The van der Waals surface area contributed by atoms with Gasteiger partial charge in [-0.25, -0.2) is 0 Å². The van der Waals surface area contributed by atoms with E-state index in [1.165, 1.54) is 57.8 Å². The summed E-state index contributed by atoms with van der Waals surface area (Å²) in [5.74, 6) is 0. The Hall–Kier alpha value is -0.0800. The molecule has 0 aliphatic heterocycles. The number of hydrogen-bond donors (Lipinski definition) is 2. The Balaban J connectivity index is 1.75. The average Bonchev–Trinajstić information content (AvgIpc) is 2.44. The molecule has 0 radical (unpaired) electrons. The standard InChI is InChI=1S/C15H30N2/c1-15(2)10-3-4-13(9-11-15)17-14-7-5-12(16)6-8-14/h12-14,17H,3-11,16H2,1-2H3. The summed E-state index contributed by atoms with van der Waals surface area (Å²) in [5.41, 5.74) is 6.54. The zero-order valence-corrected chi connectivity index (χ0v) is 11.7. The summed E-state index contributed by atoms with van der Waals surface area (Å²) in [6.45, 7) is 4.85. The molecule has 0 aromatic rings. The molecule has 2 saturated carbocycles. The van der Waals surface area contributed by atoms with Gasteiger partial charge in [-0.3, -0.25) is 0 Å². The van der Waals surface area contributed by atoms with E-state index < -0.39 is 0 Å².